The Morgan fingerprint density at radius 1 is 1.10 bits per heavy atom. The van der Waals surface area contributed by atoms with Crippen LogP contribution in [0, 0.1) is 12.7 Å². The summed E-state index contributed by atoms with van der Waals surface area (Å²) in [5.74, 6) is 0.354. The quantitative estimate of drug-likeness (QED) is 0.801. The second-order valence-corrected chi connectivity index (χ2v) is 4.66. The highest BCUT2D eigenvalue weighted by molar-refractivity contribution is 5.74. The smallest absolute Gasteiger partial charge is 0.241 e. The van der Waals surface area contributed by atoms with Gasteiger partial charge in [0, 0.05) is 18.2 Å². The summed E-state index contributed by atoms with van der Waals surface area (Å²) in [4.78, 5) is 8.84. The molecule has 0 fully saturated rings. The summed E-state index contributed by atoms with van der Waals surface area (Å²) < 4.78 is 19.4. The molecule has 0 bridgehead atoms. The lowest BCUT2D eigenvalue weighted by molar-refractivity contribution is 0.452. The summed E-state index contributed by atoms with van der Waals surface area (Å²) in [7, 11) is 0. The van der Waals surface area contributed by atoms with Gasteiger partial charge in [0.2, 0.25) is 5.88 Å². The van der Waals surface area contributed by atoms with Crippen molar-refractivity contribution in [1.82, 2.24) is 9.97 Å². The molecule has 0 aliphatic heterocycles. The first kappa shape index (κ1) is 13.5. The van der Waals surface area contributed by atoms with Crippen molar-refractivity contribution in [1.29, 1.82) is 0 Å². The number of nitrogens with two attached hydrogens (primary N) is 1. The zero-order chi connectivity index (χ0) is 14.8. The summed E-state index contributed by atoms with van der Waals surface area (Å²) in [6.07, 6.45) is 0. The molecule has 0 unspecified atom stereocenters. The number of hydrogen-bond donors (Lipinski definition) is 1. The molecule has 1 heterocycles. The highest BCUT2D eigenvalue weighted by Gasteiger charge is 2.09. The van der Waals surface area contributed by atoms with E-state index < -0.39 is 0 Å². The Morgan fingerprint density at radius 2 is 1.81 bits per heavy atom. The molecule has 0 aliphatic rings. The summed E-state index contributed by atoms with van der Waals surface area (Å²) in [6.45, 7) is 1.96. The third-order valence-electron chi connectivity index (χ3n) is 3.16. The second kappa shape index (κ2) is 5.46. The number of benzene rings is 2. The minimum absolute atomic E-state index is 0.154. The SMILES string of the molecule is Cc1nc2ccccc2nc1Oc1ccc(CN)c(F)c1. The van der Waals surface area contributed by atoms with Gasteiger partial charge in [0.05, 0.1) is 11.0 Å². The van der Waals surface area contributed by atoms with E-state index in [1.165, 1.54) is 6.07 Å². The van der Waals surface area contributed by atoms with Gasteiger partial charge in [-0.3, -0.25) is 0 Å². The molecule has 0 atom stereocenters. The maximum absolute atomic E-state index is 13.7. The molecule has 0 aliphatic carbocycles. The molecule has 4 nitrogen and oxygen atoms in total. The van der Waals surface area contributed by atoms with Gasteiger partial charge in [0.15, 0.2) is 0 Å². The maximum atomic E-state index is 13.7. The average molecular weight is 283 g/mol. The van der Waals surface area contributed by atoms with Crippen LogP contribution in [0.25, 0.3) is 11.0 Å². The summed E-state index contributed by atoms with van der Waals surface area (Å²) in [5.41, 5.74) is 8.07. The van der Waals surface area contributed by atoms with E-state index in [-0.39, 0.29) is 12.4 Å². The van der Waals surface area contributed by atoms with Gasteiger partial charge in [-0.25, -0.2) is 14.4 Å². The Hall–Kier alpha value is -2.53. The first-order valence-corrected chi connectivity index (χ1v) is 6.57. The summed E-state index contributed by atoms with van der Waals surface area (Å²) in [5, 5.41) is 0. The highest BCUT2D eigenvalue weighted by Crippen LogP contribution is 2.25. The van der Waals surface area contributed by atoms with E-state index in [1.54, 1.807) is 19.1 Å². The first-order valence-electron chi connectivity index (χ1n) is 6.57. The average Bonchev–Trinajstić information content (AvgIpc) is 2.48. The number of aromatic nitrogens is 2. The van der Waals surface area contributed by atoms with Crippen LogP contribution in [0.3, 0.4) is 0 Å². The predicted molar refractivity (Wildman–Crippen MR) is 78.6 cm³/mol. The molecule has 5 heteroatoms. The molecule has 0 amide bonds. The van der Waals surface area contributed by atoms with Crippen LogP contribution in [0.4, 0.5) is 4.39 Å². The van der Waals surface area contributed by atoms with E-state index >= 15 is 0 Å². The molecule has 0 saturated carbocycles. The van der Waals surface area contributed by atoms with E-state index in [0.717, 1.165) is 11.0 Å². The van der Waals surface area contributed by atoms with E-state index in [2.05, 4.69) is 9.97 Å². The van der Waals surface area contributed by atoms with E-state index in [4.69, 9.17) is 10.5 Å². The van der Waals surface area contributed by atoms with Gasteiger partial charge < -0.3 is 10.5 Å². The molecule has 1 aromatic heterocycles. The molecule has 0 spiro atoms. The largest absolute Gasteiger partial charge is 0.437 e. The first-order chi connectivity index (χ1) is 10.2. The fourth-order valence-electron chi connectivity index (χ4n) is 2.04. The molecule has 3 aromatic rings. The minimum Gasteiger partial charge on any atom is -0.437 e. The van der Waals surface area contributed by atoms with Crippen molar-refractivity contribution in [3.05, 3.63) is 59.5 Å². The molecular weight excluding hydrogens is 269 g/mol. The van der Waals surface area contributed by atoms with Gasteiger partial charge in [-0.15, -0.1) is 0 Å². The van der Waals surface area contributed by atoms with Gasteiger partial charge in [-0.05, 0) is 25.1 Å². The molecule has 0 saturated heterocycles. The second-order valence-electron chi connectivity index (χ2n) is 4.66. The molecule has 0 radical (unpaired) electrons. The number of halogens is 1. The Kier molecular flexibility index (Phi) is 3.50. The van der Waals surface area contributed by atoms with Crippen molar-refractivity contribution in [2.45, 2.75) is 13.5 Å². The van der Waals surface area contributed by atoms with Crippen LogP contribution in [-0.4, -0.2) is 9.97 Å². The molecule has 2 N–H and O–H groups in total. The number of para-hydroxylation sites is 2. The number of nitrogens with zero attached hydrogens (tertiary/aromatic N) is 2. The fourth-order valence-corrected chi connectivity index (χ4v) is 2.04. The lowest BCUT2D eigenvalue weighted by Gasteiger charge is -2.09. The number of hydrogen-bond acceptors (Lipinski definition) is 4. The Morgan fingerprint density at radius 3 is 2.48 bits per heavy atom. The number of ether oxygens (including phenoxy) is 1. The van der Waals surface area contributed by atoms with Gasteiger partial charge in [-0.2, -0.15) is 0 Å². The summed E-state index contributed by atoms with van der Waals surface area (Å²) >= 11 is 0. The normalized spacial score (nSPS) is 10.8. The minimum atomic E-state index is -0.388. The van der Waals surface area contributed by atoms with Crippen LogP contribution in [0.2, 0.25) is 0 Å². The standard InChI is InChI=1S/C16H14FN3O/c1-10-16(20-15-5-3-2-4-14(15)19-10)21-12-7-6-11(9-18)13(17)8-12/h2-8H,9,18H2,1H3. The number of rotatable bonds is 3. The third-order valence-corrected chi connectivity index (χ3v) is 3.16. The maximum Gasteiger partial charge on any atom is 0.241 e. The lowest BCUT2D eigenvalue weighted by atomic mass is 10.2. The van der Waals surface area contributed by atoms with Gasteiger partial charge >= 0.3 is 0 Å². The van der Waals surface area contributed by atoms with E-state index in [1.807, 2.05) is 24.3 Å². The zero-order valence-electron chi connectivity index (χ0n) is 11.5. The fraction of sp³-hybridized carbons (Fsp3) is 0.125. The Labute approximate surface area is 121 Å². The van der Waals surface area contributed by atoms with E-state index in [0.29, 0.717) is 22.9 Å². The van der Waals surface area contributed by atoms with Crippen molar-refractivity contribution in [3.63, 3.8) is 0 Å². The lowest BCUT2D eigenvalue weighted by Crippen LogP contribution is -2.00. The van der Waals surface area contributed by atoms with Crippen LogP contribution < -0.4 is 10.5 Å². The zero-order valence-corrected chi connectivity index (χ0v) is 11.5. The monoisotopic (exact) mass is 283 g/mol. The van der Waals surface area contributed by atoms with Crippen LogP contribution in [0.1, 0.15) is 11.3 Å². The highest BCUT2D eigenvalue weighted by atomic mass is 19.1. The molecule has 106 valence electrons. The van der Waals surface area contributed by atoms with Crippen molar-refractivity contribution in [2.75, 3.05) is 0 Å². The molecule has 21 heavy (non-hydrogen) atoms. The molecule has 2 aromatic carbocycles. The van der Waals surface area contributed by atoms with Crippen molar-refractivity contribution in [3.8, 4) is 11.6 Å². The van der Waals surface area contributed by atoms with Crippen molar-refractivity contribution >= 4 is 11.0 Å². The third kappa shape index (κ3) is 2.68. The van der Waals surface area contributed by atoms with Crippen LogP contribution in [0.15, 0.2) is 42.5 Å². The molecule has 3 rings (SSSR count). The van der Waals surface area contributed by atoms with Gasteiger partial charge in [0.1, 0.15) is 17.3 Å². The van der Waals surface area contributed by atoms with Crippen molar-refractivity contribution < 1.29 is 9.13 Å². The van der Waals surface area contributed by atoms with Crippen molar-refractivity contribution in [2.24, 2.45) is 5.73 Å². The van der Waals surface area contributed by atoms with Crippen LogP contribution >= 0.6 is 0 Å². The predicted octanol–water partition coefficient (Wildman–Crippen LogP) is 3.33. The van der Waals surface area contributed by atoms with Gasteiger partial charge in [0.25, 0.3) is 0 Å². The molecular formula is C16H14FN3O. The Bertz CT molecular complexity index is 805. The number of fused-ring (bicyclic) bond motifs is 1. The van der Waals surface area contributed by atoms with E-state index in [9.17, 15) is 4.39 Å². The Balaban J connectivity index is 1.97. The summed E-state index contributed by atoms with van der Waals surface area (Å²) in [6, 6.07) is 12.1. The van der Waals surface area contributed by atoms with Gasteiger partial charge in [-0.1, -0.05) is 18.2 Å². The number of aryl methyl sites for hydroxylation is 1. The van der Waals surface area contributed by atoms with Crippen LogP contribution in [0.5, 0.6) is 11.6 Å². The topological polar surface area (TPSA) is 61.0 Å². The van der Waals surface area contributed by atoms with Crippen LogP contribution in [-0.2, 0) is 6.54 Å².